The lowest BCUT2D eigenvalue weighted by atomic mass is 10.1. The Morgan fingerprint density at radius 3 is 2.67 bits per heavy atom. The number of hydrogen-bond acceptors (Lipinski definition) is 4. The zero-order valence-electron chi connectivity index (χ0n) is 9.87. The summed E-state index contributed by atoms with van der Waals surface area (Å²) >= 11 is 1.75. The normalized spacial score (nSPS) is 10.7. The summed E-state index contributed by atoms with van der Waals surface area (Å²) in [7, 11) is 0. The first-order valence-corrected chi connectivity index (χ1v) is 6.67. The molecule has 1 heterocycles. The number of nitrogens with zero attached hydrogens (tertiary/aromatic N) is 2. The fraction of sp³-hybridized carbons (Fsp3) is 0.636. The summed E-state index contributed by atoms with van der Waals surface area (Å²) in [6.45, 7) is 7.28. The Morgan fingerprint density at radius 2 is 2.13 bits per heavy atom. The van der Waals surface area contributed by atoms with Gasteiger partial charge in [0.15, 0.2) is 0 Å². The highest BCUT2D eigenvalue weighted by atomic mass is 32.2. The van der Waals surface area contributed by atoms with E-state index in [1.165, 1.54) is 0 Å². The van der Waals surface area contributed by atoms with Gasteiger partial charge in [0.25, 0.3) is 0 Å². The maximum atomic E-state index is 4.53. The molecule has 0 aromatic carbocycles. The average Bonchev–Trinajstić information content (AvgIpc) is 2.18. The van der Waals surface area contributed by atoms with Gasteiger partial charge in [-0.25, -0.2) is 9.97 Å². The molecular weight excluding hydrogens is 206 g/mol. The molecule has 1 N–H and O–H groups in total. The molecule has 0 saturated carbocycles. The summed E-state index contributed by atoms with van der Waals surface area (Å²) < 4.78 is 0. The zero-order valence-corrected chi connectivity index (χ0v) is 10.7. The van der Waals surface area contributed by atoms with Gasteiger partial charge in [-0.1, -0.05) is 13.8 Å². The number of rotatable bonds is 5. The van der Waals surface area contributed by atoms with Gasteiger partial charge in [-0.05, 0) is 19.1 Å². The van der Waals surface area contributed by atoms with Crippen LogP contribution in [0.4, 0.5) is 5.82 Å². The monoisotopic (exact) mass is 225 g/mol. The van der Waals surface area contributed by atoms with Crippen molar-refractivity contribution in [2.24, 2.45) is 0 Å². The van der Waals surface area contributed by atoms with Crippen LogP contribution in [0, 0.1) is 0 Å². The van der Waals surface area contributed by atoms with Crippen molar-refractivity contribution in [3.63, 3.8) is 0 Å². The molecule has 1 aromatic rings. The molecule has 0 fully saturated rings. The van der Waals surface area contributed by atoms with Gasteiger partial charge in [0, 0.05) is 18.3 Å². The summed E-state index contributed by atoms with van der Waals surface area (Å²) in [4.78, 5) is 8.99. The average molecular weight is 225 g/mol. The Balaban J connectivity index is 2.97. The van der Waals surface area contributed by atoms with Crippen LogP contribution in [0.3, 0.4) is 0 Å². The molecule has 0 radical (unpaired) electrons. The van der Waals surface area contributed by atoms with E-state index in [1.807, 2.05) is 6.07 Å². The fourth-order valence-corrected chi connectivity index (χ4v) is 1.67. The topological polar surface area (TPSA) is 37.8 Å². The standard InChI is InChI=1S/C11H19N3S/c1-5-12-10-6-9(8(2)3)13-11(14-10)7-15-4/h6,8H,5,7H2,1-4H3,(H,12,13,14). The Kier molecular flexibility index (Phi) is 4.88. The van der Waals surface area contributed by atoms with Crippen molar-refractivity contribution in [1.29, 1.82) is 0 Å². The van der Waals surface area contributed by atoms with Crippen molar-refractivity contribution < 1.29 is 0 Å². The van der Waals surface area contributed by atoms with Crippen LogP contribution in [0.25, 0.3) is 0 Å². The van der Waals surface area contributed by atoms with E-state index in [2.05, 4.69) is 42.3 Å². The highest BCUT2D eigenvalue weighted by molar-refractivity contribution is 7.97. The van der Waals surface area contributed by atoms with Crippen molar-refractivity contribution in [1.82, 2.24) is 9.97 Å². The number of thioether (sulfide) groups is 1. The highest BCUT2D eigenvalue weighted by Gasteiger charge is 2.06. The third kappa shape index (κ3) is 3.70. The summed E-state index contributed by atoms with van der Waals surface area (Å²) in [6.07, 6.45) is 2.07. The van der Waals surface area contributed by atoms with E-state index in [-0.39, 0.29) is 0 Å². The first-order valence-electron chi connectivity index (χ1n) is 5.28. The maximum Gasteiger partial charge on any atom is 0.140 e. The van der Waals surface area contributed by atoms with Gasteiger partial charge in [-0.3, -0.25) is 0 Å². The molecule has 84 valence electrons. The number of nitrogens with one attached hydrogen (secondary N) is 1. The molecule has 4 heteroatoms. The predicted molar refractivity (Wildman–Crippen MR) is 67.5 cm³/mol. The predicted octanol–water partition coefficient (Wildman–Crippen LogP) is 2.89. The third-order valence-corrected chi connectivity index (χ3v) is 2.56. The van der Waals surface area contributed by atoms with Crippen molar-refractivity contribution >= 4 is 17.6 Å². The Labute approximate surface area is 96.1 Å². The van der Waals surface area contributed by atoms with Crippen molar-refractivity contribution in [2.75, 3.05) is 18.1 Å². The maximum absolute atomic E-state index is 4.53. The molecule has 1 rings (SSSR count). The Hall–Kier alpha value is -0.770. The van der Waals surface area contributed by atoms with Crippen LogP contribution >= 0.6 is 11.8 Å². The van der Waals surface area contributed by atoms with Crippen LogP contribution in [-0.4, -0.2) is 22.8 Å². The SMILES string of the molecule is CCNc1cc(C(C)C)nc(CSC)n1. The molecule has 0 saturated heterocycles. The molecule has 0 spiro atoms. The lowest BCUT2D eigenvalue weighted by Crippen LogP contribution is -2.06. The minimum absolute atomic E-state index is 0.450. The second-order valence-corrected chi connectivity index (χ2v) is 4.58. The van der Waals surface area contributed by atoms with Gasteiger partial charge < -0.3 is 5.32 Å². The highest BCUT2D eigenvalue weighted by Crippen LogP contribution is 2.17. The van der Waals surface area contributed by atoms with Crippen molar-refractivity contribution in [3.8, 4) is 0 Å². The minimum atomic E-state index is 0.450. The molecule has 0 aliphatic rings. The summed E-state index contributed by atoms with van der Waals surface area (Å²) in [6, 6.07) is 2.04. The Bertz CT molecular complexity index is 288. The molecule has 0 unspecified atom stereocenters. The van der Waals surface area contributed by atoms with E-state index in [0.29, 0.717) is 5.92 Å². The number of hydrogen-bond donors (Lipinski definition) is 1. The molecule has 0 atom stereocenters. The molecule has 3 nitrogen and oxygen atoms in total. The fourth-order valence-electron chi connectivity index (χ4n) is 1.28. The van der Waals surface area contributed by atoms with Crippen LogP contribution in [0.15, 0.2) is 6.07 Å². The second-order valence-electron chi connectivity index (χ2n) is 3.71. The van der Waals surface area contributed by atoms with Crippen LogP contribution in [0.2, 0.25) is 0 Å². The van der Waals surface area contributed by atoms with Gasteiger partial charge in [-0.15, -0.1) is 0 Å². The van der Waals surface area contributed by atoms with Crippen molar-refractivity contribution in [3.05, 3.63) is 17.6 Å². The van der Waals surface area contributed by atoms with Gasteiger partial charge in [0.1, 0.15) is 11.6 Å². The zero-order chi connectivity index (χ0) is 11.3. The molecule has 15 heavy (non-hydrogen) atoms. The summed E-state index contributed by atoms with van der Waals surface area (Å²) in [5.41, 5.74) is 1.12. The molecule has 0 bridgehead atoms. The smallest absolute Gasteiger partial charge is 0.140 e. The molecule has 0 amide bonds. The van der Waals surface area contributed by atoms with E-state index >= 15 is 0 Å². The van der Waals surface area contributed by atoms with Crippen LogP contribution < -0.4 is 5.32 Å². The van der Waals surface area contributed by atoms with Crippen molar-refractivity contribution in [2.45, 2.75) is 32.4 Å². The van der Waals surface area contributed by atoms with Gasteiger partial charge in [0.05, 0.1) is 5.75 Å². The van der Waals surface area contributed by atoms with Crippen LogP contribution in [-0.2, 0) is 5.75 Å². The molecule has 1 aromatic heterocycles. The molecular formula is C11H19N3S. The van der Waals surface area contributed by atoms with Gasteiger partial charge in [0.2, 0.25) is 0 Å². The third-order valence-electron chi connectivity index (χ3n) is 2.02. The van der Waals surface area contributed by atoms with E-state index in [0.717, 1.165) is 29.6 Å². The first kappa shape index (κ1) is 12.3. The minimum Gasteiger partial charge on any atom is -0.370 e. The number of aromatic nitrogens is 2. The van der Waals surface area contributed by atoms with Crippen LogP contribution in [0.1, 0.15) is 38.2 Å². The van der Waals surface area contributed by atoms with E-state index < -0.39 is 0 Å². The Morgan fingerprint density at radius 1 is 1.40 bits per heavy atom. The first-order chi connectivity index (χ1) is 7.17. The summed E-state index contributed by atoms with van der Waals surface area (Å²) in [5, 5.41) is 3.24. The van der Waals surface area contributed by atoms with E-state index in [9.17, 15) is 0 Å². The largest absolute Gasteiger partial charge is 0.370 e. The van der Waals surface area contributed by atoms with Gasteiger partial charge in [-0.2, -0.15) is 11.8 Å². The number of anilines is 1. The lowest BCUT2D eigenvalue weighted by molar-refractivity contribution is 0.800. The quantitative estimate of drug-likeness (QED) is 0.836. The van der Waals surface area contributed by atoms with Gasteiger partial charge >= 0.3 is 0 Å². The summed E-state index contributed by atoms with van der Waals surface area (Å²) in [5.74, 6) is 3.19. The second kappa shape index (κ2) is 5.95. The molecule has 0 aliphatic carbocycles. The van der Waals surface area contributed by atoms with Crippen LogP contribution in [0.5, 0.6) is 0 Å². The van der Waals surface area contributed by atoms with E-state index in [4.69, 9.17) is 0 Å². The molecule has 0 aliphatic heterocycles. The van der Waals surface area contributed by atoms with E-state index in [1.54, 1.807) is 11.8 Å². The lowest BCUT2D eigenvalue weighted by Gasteiger charge is -2.10.